The molecule has 0 radical (unpaired) electrons. The molecule has 3 fully saturated rings. The van der Waals surface area contributed by atoms with E-state index >= 15 is 0 Å². The smallest absolute Gasteiger partial charge is 0.264 e. The van der Waals surface area contributed by atoms with Gasteiger partial charge in [-0.05, 0) is 95.8 Å². The molecule has 1 saturated heterocycles. The van der Waals surface area contributed by atoms with Crippen molar-refractivity contribution in [2.75, 3.05) is 18.0 Å². The molecule has 45 heavy (non-hydrogen) atoms. The number of hydrogen-bond donors (Lipinski definition) is 1. The molecule has 4 aromatic rings. The Kier molecular flexibility index (Phi) is 8.10. The van der Waals surface area contributed by atoms with Gasteiger partial charge in [0.1, 0.15) is 22.7 Å². The van der Waals surface area contributed by atoms with Crippen molar-refractivity contribution >= 4 is 42.6 Å². The molecule has 1 N–H and O–H groups in total. The van der Waals surface area contributed by atoms with Crippen molar-refractivity contribution in [3.05, 3.63) is 58.8 Å². The van der Waals surface area contributed by atoms with Crippen LogP contribution in [0.25, 0.3) is 21.5 Å². The van der Waals surface area contributed by atoms with Gasteiger partial charge in [0.25, 0.3) is 5.91 Å². The number of nitrogens with zero attached hydrogens (tertiary/aromatic N) is 3. The first kappa shape index (κ1) is 30.2. The largest absolute Gasteiger partial charge is 0.489 e. The number of amides is 1. The molecule has 2 aromatic carbocycles. The lowest BCUT2D eigenvalue weighted by Crippen LogP contribution is -2.33. The third-order valence-electron chi connectivity index (χ3n) is 9.13. The summed E-state index contributed by atoms with van der Waals surface area (Å²) in [6.45, 7) is 7.79. The molecule has 0 atom stereocenters. The van der Waals surface area contributed by atoms with Crippen LogP contribution in [0.4, 0.5) is 5.13 Å². The van der Waals surface area contributed by atoms with Gasteiger partial charge in [-0.2, -0.15) is 0 Å². The number of carbonyl (C=O) groups is 1. The monoisotopic (exact) mass is 648 g/mol. The molecule has 3 aliphatic rings. The van der Waals surface area contributed by atoms with E-state index in [9.17, 15) is 13.2 Å². The summed E-state index contributed by atoms with van der Waals surface area (Å²) >= 11 is 1.52. The molecule has 11 heteroatoms. The first-order chi connectivity index (χ1) is 21.7. The average molecular weight is 649 g/mol. The van der Waals surface area contributed by atoms with E-state index in [1.807, 2.05) is 13.8 Å². The summed E-state index contributed by atoms with van der Waals surface area (Å²) in [5, 5.41) is 4.99. The Hall–Kier alpha value is -3.44. The summed E-state index contributed by atoms with van der Waals surface area (Å²) in [6, 6.07) is 11.8. The van der Waals surface area contributed by atoms with Gasteiger partial charge in [-0.3, -0.25) is 4.79 Å². The van der Waals surface area contributed by atoms with Crippen molar-refractivity contribution in [1.29, 1.82) is 0 Å². The zero-order chi connectivity index (χ0) is 31.3. The van der Waals surface area contributed by atoms with Crippen LogP contribution in [0, 0.1) is 12.8 Å². The minimum atomic E-state index is -3.65. The summed E-state index contributed by atoms with van der Waals surface area (Å²) in [5.41, 5.74) is 5.66. The molecule has 0 spiro atoms. The van der Waals surface area contributed by atoms with E-state index in [0.29, 0.717) is 35.9 Å². The molecular weight excluding hydrogens is 609 g/mol. The Labute approximate surface area is 268 Å². The van der Waals surface area contributed by atoms with Crippen LogP contribution < -0.4 is 14.4 Å². The second kappa shape index (κ2) is 12.1. The van der Waals surface area contributed by atoms with Crippen molar-refractivity contribution in [3.8, 4) is 17.0 Å². The number of anilines is 1. The number of carbonyl (C=O) groups excluding carboxylic acids is 1. The van der Waals surface area contributed by atoms with E-state index in [-0.39, 0.29) is 11.7 Å². The first-order valence-corrected chi connectivity index (χ1v) is 18.5. The topological polar surface area (TPSA) is 115 Å². The minimum absolute atomic E-state index is 0.125. The number of aryl methyl sites for hydroxylation is 1. The standard InChI is InChI=1S/C34H40N4O5S2/c1-20(2)42-28-18-24(33(39)37-45(40,41)25-11-12-25)19-29-31(28)35-34(44-29)38-16-14-22(15-17-38)8-13-27-30(26-7-5-4-6-21(26)3)36-43-32(27)23-9-10-23/h4-7,18-20,22-23,25H,8-17H2,1-3H3,(H,37,39). The minimum Gasteiger partial charge on any atom is -0.489 e. The van der Waals surface area contributed by atoms with E-state index in [1.165, 1.54) is 40.9 Å². The maximum Gasteiger partial charge on any atom is 0.264 e. The van der Waals surface area contributed by atoms with Gasteiger partial charge in [0.15, 0.2) is 5.13 Å². The zero-order valence-electron chi connectivity index (χ0n) is 26.0. The van der Waals surface area contributed by atoms with E-state index in [2.05, 4.69) is 46.0 Å². The van der Waals surface area contributed by atoms with Crippen LogP contribution in [-0.2, 0) is 16.4 Å². The Balaban J connectivity index is 1.05. The molecule has 0 unspecified atom stereocenters. The molecule has 2 aromatic heterocycles. The van der Waals surface area contributed by atoms with Crippen LogP contribution in [0.2, 0.25) is 0 Å². The highest BCUT2D eigenvalue weighted by molar-refractivity contribution is 7.91. The number of aromatic nitrogens is 2. The summed E-state index contributed by atoms with van der Waals surface area (Å²) in [5.74, 6) is 2.09. The SMILES string of the molecule is Cc1ccccc1-c1noc(C2CC2)c1CCC1CCN(c2nc3c(OC(C)C)cc(C(=O)NS(=O)(=O)C4CC4)cc3s2)CC1. The number of nitrogens with one attached hydrogen (secondary N) is 1. The van der Waals surface area contributed by atoms with E-state index in [4.69, 9.17) is 14.2 Å². The van der Waals surface area contributed by atoms with Crippen LogP contribution >= 0.6 is 11.3 Å². The van der Waals surface area contributed by atoms with Gasteiger partial charge in [0.05, 0.1) is 16.1 Å². The summed E-state index contributed by atoms with van der Waals surface area (Å²) in [6.07, 6.45) is 7.65. The second-order valence-electron chi connectivity index (χ2n) is 13.1. The van der Waals surface area contributed by atoms with Crippen molar-refractivity contribution in [1.82, 2.24) is 14.9 Å². The highest BCUT2D eigenvalue weighted by Gasteiger charge is 2.37. The lowest BCUT2D eigenvalue weighted by Gasteiger charge is -2.31. The zero-order valence-corrected chi connectivity index (χ0v) is 27.7. The molecule has 2 saturated carbocycles. The van der Waals surface area contributed by atoms with Crippen molar-refractivity contribution in [2.45, 2.75) is 89.4 Å². The van der Waals surface area contributed by atoms with Crippen LogP contribution in [-0.4, -0.2) is 48.9 Å². The molecule has 238 valence electrons. The number of fused-ring (bicyclic) bond motifs is 1. The normalized spacial score (nSPS) is 17.7. The maximum atomic E-state index is 13.0. The fourth-order valence-corrected chi connectivity index (χ4v) is 8.66. The maximum absolute atomic E-state index is 13.0. The Morgan fingerprint density at radius 2 is 1.87 bits per heavy atom. The second-order valence-corrected chi connectivity index (χ2v) is 16.1. The summed E-state index contributed by atoms with van der Waals surface area (Å²) in [4.78, 5) is 20.2. The number of ether oxygens (including phenoxy) is 1. The van der Waals surface area contributed by atoms with Crippen molar-refractivity contribution in [3.63, 3.8) is 0 Å². The van der Waals surface area contributed by atoms with Crippen LogP contribution in [0.3, 0.4) is 0 Å². The fourth-order valence-electron chi connectivity index (χ4n) is 6.29. The van der Waals surface area contributed by atoms with Gasteiger partial charge in [-0.25, -0.2) is 18.1 Å². The molecule has 1 amide bonds. The number of hydrogen-bond acceptors (Lipinski definition) is 9. The van der Waals surface area contributed by atoms with Gasteiger partial charge in [-0.1, -0.05) is 40.8 Å². The fraction of sp³-hybridized carbons (Fsp3) is 0.500. The van der Waals surface area contributed by atoms with Gasteiger partial charge in [-0.15, -0.1) is 0 Å². The first-order valence-electron chi connectivity index (χ1n) is 16.1. The van der Waals surface area contributed by atoms with Crippen LogP contribution in [0.15, 0.2) is 40.9 Å². The van der Waals surface area contributed by atoms with Crippen LogP contribution in [0.5, 0.6) is 5.75 Å². The summed E-state index contributed by atoms with van der Waals surface area (Å²) in [7, 11) is -3.65. The number of thiazole rings is 1. The molecule has 0 bridgehead atoms. The number of rotatable bonds is 11. The van der Waals surface area contributed by atoms with E-state index < -0.39 is 21.2 Å². The van der Waals surface area contributed by atoms with Crippen molar-refractivity contribution in [2.24, 2.45) is 5.92 Å². The Morgan fingerprint density at radius 3 is 2.56 bits per heavy atom. The van der Waals surface area contributed by atoms with Gasteiger partial charge >= 0.3 is 0 Å². The average Bonchev–Trinajstić information content (AvgIpc) is 3.95. The van der Waals surface area contributed by atoms with E-state index in [1.54, 1.807) is 12.1 Å². The lowest BCUT2D eigenvalue weighted by atomic mass is 9.89. The predicted octanol–water partition coefficient (Wildman–Crippen LogP) is 7.00. The predicted molar refractivity (Wildman–Crippen MR) is 177 cm³/mol. The number of piperidine rings is 1. The van der Waals surface area contributed by atoms with Gasteiger partial charge in [0.2, 0.25) is 10.0 Å². The number of benzene rings is 2. The Morgan fingerprint density at radius 1 is 1.11 bits per heavy atom. The van der Waals surface area contributed by atoms with Crippen molar-refractivity contribution < 1.29 is 22.5 Å². The highest BCUT2D eigenvalue weighted by atomic mass is 32.2. The number of sulfonamides is 1. The molecule has 9 nitrogen and oxygen atoms in total. The molecule has 3 heterocycles. The lowest BCUT2D eigenvalue weighted by molar-refractivity contribution is 0.0980. The molecule has 2 aliphatic carbocycles. The summed E-state index contributed by atoms with van der Waals surface area (Å²) < 4.78 is 39.9. The molecule has 7 rings (SSSR count). The molecule has 1 aliphatic heterocycles. The third kappa shape index (κ3) is 6.47. The van der Waals surface area contributed by atoms with E-state index in [0.717, 1.165) is 60.1 Å². The third-order valence-corrected chi connectivity index (χ3v) is 12.0. The van der Waals surface area contributed by atoms with Gasteiger partial charge in [0, 0.05) is 35.7 Å². The highest BCUT2D eigenvalue weighted by Crippen LogP contribution is 2.45. The van der Waals surface area contributed by atoms with Crippen LogP contribution in [0.1, 0.15) is 92.0 Å². The Bertz CT molecular complexity index is 1830. The van der Waals surface area contributed by atoms with Gasteiger partial charge < -0.3 is 14.2 Å². The molecular formula is C34H40N4O5S2. The quantitative estimate of drug-likeness (QED) is 0.185.